The molecule has 0 radical (unpaired) electrons. The zero-order valence-corrected chi connectivity index (χ0v) is 10.8. The lowest BCUT2D eigenvalue weighted by Crippen LogP contribution is -2.39. The summed E-state index contributed by atoms with van der Waals surface area (Å²) in [6.45, 7) is 3.49. The van der Waals surface area contributed by atoms with Crippen molar-refractivity contribution in [2.24, 2.45) is 0 Å². The minimum absolute atomic E-state index is 0.431. The number of hydrogen-bond donors (Lipinski definition) is 2. The first-order valence-corrected chi connectivity index (χ1v) is 6.80. The first-order chi connectivity index (χ1) is 8.24. The monoisotopic (exact) mass is 243 g/mol. The summed E-state index contributed by atoms with van der Waals surface area (Å²) < 4.78 is 5.46. The molecule has 17 heavy (non-hydrogen) atoms. The van der Waals surface area contributed by atoms with Gasteiger partial charge in [-0.2, -0.15) is 0 Å². The largest absolute Gasteiger partial charge is 0.480 e. The zero-order chi connectivity index (χ0) is 12.5. The standard InChI is InChI=1S/C13H25NO3/c1-2-3-4-5-9-17-10-8-12(13(15)16)14-11-6-7-11/h11-12,14H,2-10H2,1H3,(H,15,16). The van der Waals surface area contributed by atoms with Crippen LogP contribution in [-0.2, 0) is 9.53 Å². The van der Waals surface area contributed by atoms with Gasteiger partial charge in [0.25, 0.3) is 0 Å². The van der Waals surface area contributed by atoms with E-state index in [1.807, 2.05) is 0 Å². The van der Waals surface area contributed by atoms with E-state index in [-0.39, 0.29) is 0 Å². The lowest BCUT2D eigenvalue weighted by molar-refractivity contribution is -0.140. The Morgan fingerprint density at radius 3 is 2.71 bits per heavy atom. The van der Waals surface area contributed by atoms with Crippen molar-refractivity contribution < 1.29 is 14.6 Å². The molecule has 100 valence electrons. The number of carbonyl (C=O) groups is 1. The van der Waals surface area contributed by atoms with Crippen LogP contribution in [0.25, 0.3) is 0 Å². The number of carboxylic acid groups (broad SMARTS) is 1. The second-order valence-electron chi connectivity index (χ2n) is 4.79. The highest BCUT2D eigenvalue weighted by molar-refractivity contribution is 5.73. The summed E-state index contributed by atoms with van der Waals surface area (Å²) in [5, 5.41) is 12.1. The molecule has 0 spiro atoms. The highest BCUT2D eigenvalue weighted by Crippen LogP contribution is 2.20. The molecule has 1 fully saturated rings. The van der Waals surface area contributed by atoms with Crippen LogP contribution < -0.4 is 5.32 Å². The van der Waals surface area contributed by atoms with Gasteiger partial charge in [0.15, 0.2) is 0 Å². The van der Waals surface area contributed by atoms with E-state index in [1.165, 1.54) is 19.3 Å². The molecular weight excluding hydrogens is 218 g/mol. The van der Waals surface area contributed by atoms with Crippen molar-refractivity contribution in [3.8, 4) is 0 Å². The van der Waals surface area contributed by atoms with Crippen LogP contribution in [0.1, 0.15) is 51.9 Å². The third-order valence-electron chi connectivity index (χ3n) is 3.01. The zero-order valence-electron chi connectivity index (χ0n) is 10.8. The molecule has 0 aromatic carbocycles. The van der Waals surface area contributed by atoms with Crippen LogP contribution in [0.15, 0.2) is 0 Å². The number of hydrogen-bond acceptors (Lipinski definition) is 3. The van der Waals surface area contributed by atoms with Crippen LogP contribution in [0.4, 0.5) is 0 Å². The lowest BCUT2D eigenvalue weighted by atomic mass is 10.2. The van der Waals surface area contributed by atoms with Gasteiger partial charge in [-0.3, -0.25) is 4.79 Å². The first kappa shape index (κ1) is 14.5. The normalized spacial score (nSPS) is 17.0. The molecule has 1 unspecified atom stereocenters. The minimum atomic E-state index is -0.758. The average molecular weight is 243 g/mol. The smallest absolute Gasteiger partial charge is 0.320 e. The van der Waals surface area contributed by atoms with Crippen molar-refractivity contribution in [2.75, 3.05) is 13.2 Å². The minimum Gasteiger partial charge on any atom is -0.480 e. The molecule has 1 rings (SSSR count). The number of carboxylic acids is 1. The van der Waals surface area contributed by atoms with Crippen LogP contribution in [0, 0.1) is 0 Å². The Morgan fingerprint density at radius 1 is 1.35 bits per heavy atom. The second-order valence-corrected chi connectivity index (χ2v) is 4.79. The van der Waals surface area contributed by atoms with Gasteiger partial charge < -0.3 is 15.2 Å². The van der Waals surface area contributed by atoms with Gasteiger partial charge in [-0.25, -0.2) is 0 Å². The fourth-order valence-electron chi connectivity index (χ4n) is 1.75. The fourth-order valence-corrected chi connectivity index (χ4v) is 1.75. The summed E-state index contributed by atoms with van der Waals surface area (Å²) in [5.74, 6) is -0.758. The fraction of sp³-hybridized carbons (Fsp3) is 0.923. The molecule has 0 heterocycles. The van der Waals surface area contributed by atoms with E-state index in [1.54, 1.807) is 0 Å². The van der Waals surface area contributed by atoms with E-state index in [9.17, 15) is 4.79 Å². The average Bonchev–Trinajstić information content (AvgIpc) is 3.10. The lowest BCUT2D eigenvalue weighted by Gasteiger charge is -2.13. The number of rotatable bonds is 11. The summed E-state index contributed by atoms with van der Waals surface area (Å²) in [6.07, 6.45) is 7.57. The summed E-state index contributed by atoms with van der Waals surface area (Å²) in [7, 11) is 0. The number of unbranched alkanes of at least 4 members (excludes halogenated alkanes) is 3. The van der Waals surface area contributed by atoms with E-state index in [0.29, 0.717) is 19.1 Å². The van der Waals surface area contributed by atoms with Gasteiger partial charge in [0.1, 0.15) is 6.04 Å². The van der Waals surface area contributed by atoms with E-state index in [4.69, 9.17) is 9.84 Å². The SMILES string of the molecule is CCCCCCOCCC(NC1CC1)C(=O)O. The number of aliphatic carboxylic acids is 1. The Labute approximate surface area is 104 Å². The van der Waals surface area contributed by atoms with Gasteiger partial charge in [-0.05, 0) is 25.7 Å². The van der Waals surface area contributed by atoms with Crippen molar-refractivity contribution in [3.05, 3.63) is 0 Å². The Bertz CT molecular complexity index is 217. The van der Waals surface area contributed by atoms with Crippen LogP contribution in [-0.4, -0.2) is 36.4 Å². The maximum Gasteiger partial charge on any atom is 0.320 e. The third kappa shape index (κ3) is 7.34. The van der Waals surface area contributed by atoms with Crippen molar-refractivity contribution in [1.82, 2.24) is 5.32 Å². The maximum absolute atomic E-state index is 10.9. The van der Waals surface area contributed by atoms with E-state index in [0.717, 1.165) is 25.9 Å². The topological polar surface area (TPSA) is 58.6 Å². The molecule has 0 aromatic rings. The predicted octanol–water partition coefficient (Wildman–Crippen LogP) is 2.18. The van der Waals surface area contributed by atoms with Gasteiger partial charge in [0, 0.05) is 19.3 Å². The van der Waals surface area contributed by atoms with E-state index < -0.39 is 12.0 Å². The summed E-state index contributed by atoms with van der Waals surface area (Å²) in [5.41, 5.74) is 0. The first-order valence-electron chi connectivity index (χ1n) is 6.80. The molecule has 1 aliphatic carbocycles. The summed E-state index contributed by atoms with van der Waals surface area (Å²) in [6, 6.07) is -0.00111. The molecule has 1 saturated carbocycles. The quantitative estimate of drug-likeness (QED) is 0.546. The molecule has 4 heteroatoms. The Hall–Kier alpha value is -0.610. The van der Waals surface area contributed by atoms with E-state index >= 15 is 0 Å². The van der Waals surface area contributed by atoms with E-state index in [2.05, 4.69) is 12.2 Å². The molecule has 1 aliphatic rings. The van der Waals surface area contributed by atoms with Gasteiger partial charge in [-0.15, -0.1) is 0 Å². The summed E-state index contributed by atoms with van der Waals surface area (Å²) >= 11 is 0. The number of nitrogens with one attached hydrogen (secondary N) is 1. The van der Waals surface area contributed by atoms with Gasteiger partial charge in [0.2, 0.25) is 0 Å². The molecule has 0 saturated heterocycles. The van der Waals surface area contributed by atoms with Crippen molar-refractivity contribution in [2.45, 2.75) is 64.0 Å². The van der Waals surface area contributed by atoms with Crippen LogP contribution in [0.3, 0.4) is 0 Å². The molecule has 1 atom stereocenters. The molecule has 0 amide bonds. The molecule has 0 aromatic heterocycles. The Balaban J connectivity index is 1.96. The van der Waals surface area contributed by atoms with Crippen molar-refractivity contribution in [1.29, 1.82) is 0 Å². The van der Waals surface area contributed by atoms with Gasteiger partial charge >= 0.3 is 5.97 Å². The highest BCUT2D eigenvalue weighted by atomic mass is 16.5. The molecule has 0 bridgehead atoms. The van der Waals surface area contributed by atoms with Crippen molar-refractivity contribution >= 4 is 5.97 Å². The molecular formula is C13H25NO3. The van der Waals surface area contributed by atoms with Crippen molar-refractivity contribution in [3.63, 3.8) is 0 Å². The van der Waals surface area contributed by atoms with Crippen LogP contribution >= 0.6 is 0 Å². The Morgan fingerprint density at radius 2 is 2.12 bits per heavy atom. The highest BCUT2D eigenvalue weighted by Gasteiger charge is 2.27. The molecule has 0 aliphatic heterocycles. The number of ether oxygens (including phenoxy) is 1. The van der Waals surface area contributed by atoms with Crippen LogP contribution in [0.5, 0.6) is 0 Å². The van der Waals surface area contributed by atoms with Gasteiger partial charge in [-0.1, -0.05) is 26.2 Å². The van der Waals surface area contributed by atoms with Crippen LogP contribution in [0.2, 0.25) is 0 Å². The third-order valence-corrected chi connectivity index (χ3v) is 3.01. The second kappa shape index (κ2) is 8.48. The Kier molecular flexibility index (Phi) is 7.21. The molecule has 2 N–H and O–H groups in total. The molecule has 4 nitrogen and oxygen atoms in total. The maximum atomic E-state index is 10.9. The van der Waals surface area contributed by atoms with Gasteiger partial charge in [0.05, 0.1) is 0 Å². The summed E-state index contributed by atoms with van der Waals surface area (Å²) in [4.78, 5) is 10.9. The predicted molar refractivity (Wildman–Crippen MR) is 67.2 cm³/mol.